The molecule has 0 aliphatic carbocycles. The van der Waals surface area contributed by atoms with Gasteiger partial charge in [0.05, 0.1) is 22.6 Å². The number of carbonyl (C=O) groups is 2. The number of halogens is 6. The fourth-order valence-electron chi connectivity index (χ4n) is 3.50. The molecule has 0 saturated carbocycles. The van der Waals surface area contributed by atoms with Crippen LogP contribution in [0, 0.1) is 5.92 Å². The van der Waals surface area contributed by atoms with E-state index in [1.165, 1.54) is 4.90 Å². The predicted octanol–water partition coefficient (Wildman–Crippen LogP) is 4.92. The first-order chi connectivity index (χ1) is 14.9. The Morgan fingerprint density at radius 3 is 2.12 bits per heavy atom. The highest BCUT2D eigenvalue weighted by Gasteiger charge is 2.39. The van der Waals surface area contributed by atoms with Crippen molar-refractivity contribution in [2.24, 2.45) is 5.92 Å². The highest BCUT2D eigenvalue weighted by atomic mass is 19.4. The molecule has 11 heteroatoms. The standard InChI is InChI=1S/C21H15F6N3O2/c22-20(23,24)12-5-13(21(25,26)27)7-14(6-12)29-18(31)11-9-30(10-11)19(32)16-8-28-17-4-2-1-3-15(16)17/h1-8,11,28H,9-10H2,(H,29,31). The Bertz CT molecular complexity index is 1160. The number of carbonyl (C=O) groups excluding carboxylic acids is 2. The molecule has 2 heterocycles. The maximum absolute atomic E-state index is 13.0. The number of fused-ring (bicyclic) bond motifs is 1. The van der Waals surface area contributed by atoms with Gasteiger partial charge in [0.2, 0.25) is 5.91 Å². The van der Waals surface area contributed by atoms with Crippen LogP contribution < -0.4 is 5.32 Å². The summed E-state index contributed by atoms with van der Waals surface area (Å²) >= 11 is 0. The first kappa shape index (κ1) is 21.7. The smallest absolute Gasteiger partial charge is 0.360 e. The molecular formula is C21H15F6N3O2. The van der Waals surface area contributed by atoms with Crippen molar-refractivity contribution in [1.29, 1.82) is 0 Å². The van der Waals surface area contributed by atoms with Crippen molar-refractivity contribution in [3.05, 3.63) is 65.4 Å². The molecule has 1 saturated heterocycles. The zero-order valence-corrected chi connectivity index (χ0v) is 16.1. The van der Waals surface area contributed by atoms with Crippen molar-refractivity contribution < 1.29 is 35.9 Å². The van der Waals surface area contributed by atoms with Gasteiger partial charge in [0.25, 0.3) is 5.91 Å². The molecule has 4 rings (SSSR count). The van der Waals surface area contributed by atoms with E-state index >= 15 is 0 Å². The second kappa shape index (κ2) is 7.57. The lowest BCUT2D eigenvalue weighted by Crippen LogP contribution is -2.54. The second-order valence-electron chi connectivity index (χ2n) is 7.44. The van der Waals surface area contributed by atoms with Crippen molar-refractivity contribution in [3.8, 4) is 0 Å². The molecule has 1 aromatic heterocycles. The van der Waals surface area contributed by atoms with E-state index in [-0.39, 0.29) is 25.1 Å². The zero-order chi connectivity index (χ0) is 23.3. The average Bonchev–Trinajstić information content (AvgIpc) is 3.09. The summed E-state index contributed by atoms with van der Waals surface area (Å²) in [5, 5.41) is 2.81. The minimum Gasteiger partial charge on any atom is -0.360 e. The number of likely N-dealkylation sites (tertiary alicyclic amines) is 1. The van der Waals surface area contributed by atoms with Crippen LogP contribution in [0.1, 0.15) is 21.5 Å². The van der Waals surface area contributed by atoms with E-state index in [9.17, 15) is 35.9 Å². The first-order valence-electron chi connectivity index (χ1n) is 9.39. The van der Waals surface area contributed by atoms with E-state index < -0.39 is 41.0 Å². The number of nitrogens with zero attached hydrogens (tertiary/aromatic N) is 1. The lowest BCUT2D eigenvalue weighted by Gasteiger charge is -2.38. The number of alkyl halides is 6. The molecule has 0 bridgehead atoms. The van der Waals surface area contributed by atoms with Gasteiger partial charge in [0.15, 0.2) is 0 Å². The van der Waals surface area contributed by atoms with Gasteiger partial charge in [0.1, 0.15) is 0 Å². The van der Waals surface area contributed by atoms with E-state index in [1.54, 1.807) is 30.5 Å². The van der Waals surface area contributed by atoms with E-state index in [0.29, 0.717) is 23.1 Å². The third kappa shape index (κ3) is 4.14. The highest BCUT2D eigenvalue weighted by Crippen LogP contribution is 2.37. The fourth-order valence-corrected chi connectivity index (χ4v) is 3.50. The van der Waals surface area contributed by atoms with Crippen molar-refractivity contribution in [1.82, 2.24) is 9.88 Å². The molecule has 0 spiro atoms. The van der Waals surface area contributed by atoms with Crippen molar-refractivity contribution in [2.75, 3.05) is 18.4 Å². The van der Waals surface area contributed by atoms with Crippen molar-refractivity contribution in [3.63, 3.8) is 0 Å². The predicted molar refractivity (Wildman–Crippen MR) is 103 cm³/mol. The Labute approximate surface area is 177 Å². The van der Waals surface area contributed by atoms with Gasteiger partial charge in [-0.15, -0.1) is 0 Å². The molecular weight excluding hydrogens is 440 g/mol. The Kier molecular flexibility index (Phi) is 5.14. The molecule has 0 atom stereocenters. The summed E-state index contributed by atoms with van der Waals surface area (Å²) in [6.45, 7) is -0.00940. The van der Waals surface area contributed by atoms with Gasteiger partial charge in [-0.05, 0) is 24.3 Å². The van der Waals surface area contributed by atoms with Gasteiger partial charge < -0.3 is 15.2 Å². The molecule has 2 aromatic carbocycles. The average molecular weight is 455 g/mol. The minimum atomic E-state index is -5.01. The number of aromatic amines is 1. The van der Waals surface area contributed by atoms with Crippen LogP contribution in [0.15, 0.2) is 48.7 Å². The van der Waals surface area contributed by atoms with Crippen LogP contribution in [0.4, 0.5) is 32.0 Å². The van der Waals surface area contributed by atoms with Crippen molar-refractivity contribution in [2.45, 2.75) is 12.4 Å². The highest BCUT2D eigenvalue weighted by molar-refractivity contribution is 6.07. The number of anilines is 1. The van der Waals surface area contributed by atoms with E-state index in [0.717, 1.165) is 5.52 Å². The molecule has 2 N–H and O–H groups in total. The van der Waals surface area contributed by atoms with E-state index in [4.69, 9.17) is 0 Å². The number of aromatic nitrogens is 1. The number of para-hydroxylation sites is 1. The van der Waals surface area contributed by atoms with Crippen LogP contribution in [0.5, 0.6) is 0 Å². The maximum atomic E-state index is 13.0. The van der Waals surface area contributed by atoms with E-state index in [1.807, 2.05) is 0 Å². The number of hydrogen-bond acceptors (Lipinski definition) is 2. The number of benzene rings is 2. The van der Waals surface area contributed by atoms with Gasteiger partial charge in [-0.1, -0.05) is 18.2 Å². The molecule has 5 nitrogen and oxygen atoms in total. The lowest BCUT2D eigenvalue weighted by atomic mass is 9.97. The topological polar surface area (TPSA) is 65.2 Å². The Balaban J connectivity index is 1.45. The monoisotopic (exact) mass is 455 g/mol. The fraction of sp³-hybridized carbons (Fsp3) is 0.238. The Hall–Kier alpha value is -3.50. The third-order valence-corrected chi connectivity index (χ3v) is 5.21. The number of nitrogens with one attached hydrogen (secondary N) is 2. The maximum Gasteiger partial charge on any atom is 0.416 e. The molecule has 3 aromatic rings. The first-order valence-corrected chi connectivity index (χ1v) is 9.39. The summed E-state index contributed by atoms with van der Waals surface area (Å²) in [4.78, 5) is 29.4. The number of amides is 2. The van der Waals surface area contributed by atoms with Crippen LogP contribution in [0.3, 0.4) is 0 Å². The molecule has 2 amide bonds. The van der Waals surface area contributed by atoms with Crippen LogP contribution in [0.2, 0.25) is 0 Å². The van der Waals surface area contributed by atoms with Gasteiger partial charge in [-0.2, -0.15) is 26.3 Å². The third-order valence-electron chi connectivity index (χ3n) is 5.21. The van der Waals surface area contributed by atoms with E-state index in [2.05, 4.69) is 10.3 Å². The van der Waals surface area contributed by atoms with Crippen LogP contribution >= 0.6 is 0 Å². The molecule has 1 aliphatic rings. The Morgan fingerprint density at radius 1 is 0.938 bits per heavy atom. The molecule has 168 valence electrons. The summed E-state index contributed by atoms with van der Waals surface area (Å²) in [6.07, 6.45) is -8.48. The van der Waals surface area contributed by atoms with Gasteiger partial charge >= 0.3 is 12.4 Å². The summed E-state index contributed by atoms with van der Waals surface area (Å²) in [5.74, 6) is -1.85. The van der Waals surface area contributed by atoms with Gasteiger partial charge in [-0.25, -0.2) is 0 Å². The van der Waals surface area contributed by atoms with Crippen LogP contribution in [-0.2, 0) is 17.1 Å². The summed E-state index contributed by atoms with van der Waals surface area (Å²) < 4.78 is 77.8. The van der Waals surface area contributed by atoms with Gasteiger partial charge in [-0.3, -0.25) is 9.59 Å². The summed E-state index contributed by atoms with van der Waals surface area (Å²) in [5.41, 5.74) is -2.49. The molecule has 32 heavy (non-hydrogen) atoms. The van der Waals surface area contributed by atoms with Gasteiger partial charge in [0, 0.05) is 35.9 Å². The summed E-state index contributed by atoms with van der Waals surface area (Å²) in [7, 11) is 0. The normalized spacial score (nSPS) is 15.0. The molecule has 0 radical (unpaired) electrons. The number of H-pyrrole nitrogens is 1. The molecule has 0 unspecified atom stereocenters. The number of rotatable bonds is 3. The Morgan fingerprint density at radius 2 is 1.53 bits per heavy atom. The molecule has 1 fully saturated rings. The SMILES string of the molecule is O=C(Nc1cc(C(F)(F)F)cc(C(F)(F)F)c1)C1CN(C(=O)c2c[nH]c3ccccc23)C1. The minimum absolute atomic E-state index is 0.00470. The lowest BCUT2D eigenvalue weighted by molar-refractivity contribution is -0.143. The molecule has 1 aliphatic heterocycles. The van der Waals surface area contributed by atoms with Crippen molar-refractivity contribution >= 4 is 28.4 Å². The quantitative estimate of drug-likeness (QED) is 0.551. The zero-order valence-electron chi connectivity index (χ0n) is 16.1. The van der Waals surface area contributed by atoms with Crippen LogP contribution in [0.25, 0.3) is 10.9 Å². The summed E-state index contributed by atoms with van der Waals surface area (Å²) in [6, 6.07) is 8.00. The number of hydrogen-bond donors (Lipinski definition) is 2. The van der Waals surface area contributed by atoms with Crippen LogP contribution in [-0.4, -0.2) is 34.8 Å². The second-order valence-corrected chi connectivity index (χ2v) is 7.44. The largest absolute Gasteiger partial charge is 0.416 e.